The van der Waals surface area contributed by atoms with Gasteiger partial charge in [0.2, 0.25) is 15.9 Å². The van der Waals surface area contributed by atoms with Gasteiger partial charge in [0.1, 0.15) is 6.10 Å². The molecule has 1 fully saturated rings. The normalized spacial score (nSPS) is 14.9. The molecule has 9 heteroatoms. The lowest BCUT2D eigenvalue weighted by Crippen LogP contribution is -2.46. The molecule has 1 aliphatic heterocycles. The van der Waals surface area contributed by atoms with Gasteiger partial charge in [-0.25, -0.2) is 18.2 Å². The van der Waals surface area contributed by atoms with Crippen LogP contribution in [0.5, 0.6) is 5.88 Å². The van der Waals surface area contributed by atoms with Crippen LogP contribution in [-0.4, -0.2) is 56.3 Å². The van der Waals surface area contributed by atoms with Gasteiger partial charge in [0.05, 0.1) is 17.6 Å². The molecule has 0 unspecified atom stereocenters. The minimum atomic E-state index is -3.32. The minimum absolute atomic E-state index is 0.0270. The van der Waals surface area contributed by atoms with E-state index in [0.29, 0.717) is 44.0 Å². The number of nitrogens with one attached hydrogen (secondary N) is 1. The third kappa shape index (κ3) is 5.63. The Morgan fingerprint density at radius 2 is 1.90 bits per heavy atom. The van der Waals surface area contributed by atoms with Crippen molar-refractivity contribution in [2.45, 2.75) is 32.4 Å². The molecule has 8 nitrogen and oxygen atoms in total. The van der Waals surface area contributed by atoms with Gasteiger partial charge in [-0.2, -0.15) is 0 Å². The van der Waals surface area contributed by atoms with Crippen LogP contribution >= 0.6 is 0 Å². The van der Waals surface area contributed by atoms with Gasteiger partial charge in [0, 0.05) is 45.6 Å². The molecule has 3 rings (SSSR count). The van der Waals surface area contributed by atoms with Crippen LogP contribution in [0.2, 0.25) is 0 Å². The molecule has 1 N–H and O–H groups in total. The molecule has 30 heavy (non-hydrogen) atoms. The Kier molecular flexibility index (Phi) is 7.15. The van der Waals surface area contributed by atoms with Crippen molar-refractivity contribution >= 4 is 21.7 Å². The van der Waals surface area contributed by atoms with Crippen LogP contribution in [-0.2, 0) is 16.6 Å². The maximum Gasteiger partial charge on any atom is 0.317 e. The standard InChI is InChI=1S/C21H28N4O4S/c1-3-30(27,28)24(2)18-9-10-20(22-16-18)29-19-11-13-25(14-12-19)21(26)23-15-17-7-5-4-6-8-17/h4-10,16,19H,3,11-15H2,1-2H3,(H,23,26). The second-order valence-electron chi connectivity index (χ2n) is 7.17. The molecule has 2 aromatic rings. The summed E-state index contributed by atoms with van der Waals surface area (Å²) < 4.78 is 31.0. The number of aromatic nitrogens is 1. The molecular formula is C21H28N4O4S. The van der Waals surface area contributed by atoms with E-state index in [1.807, 2.05) is 30.3 Å². The number of amides is 2. The molecule has 0 bridgehead atoms. The Morgan fingerprint density at radius 3 is 2.50 bits per heavy atom. The number of carbonyl (C=O) groups excluding carboxylic acids is 1. The largest absolute Gasteiger partial charge is 0.474 e. The number of sulfonamides is 1. The number of anilines is 1. The lowest BCUT2D eigenvalue weighted by atomic mass is 10.1. The fourth-order valence-corrected chi connectivity index (χ4v) is 4.03. The summed E-state index contributed by atoms with van der Waals surface area (Å²) in [5.74, 6) is 0.479. The van der Waals surface area contributed by atoms with Crippen LogP contribution in [0.4, 0.5) is 10.5 Å². The van der Waals surface area contributed by atoms with Crippen molar-refractivity contribution in [2.24, 2.45) is 0 Å². The first-order valence-corrected chi connectivity index (χ1v) is 11.7. The number of hydrogen-bond acceptors (Lipinski definition) is 5. The molecule has 0 saturated carbocycles. The monoisotopic (exact) mass is 432 g/mol. The van der Waals surface area contributed by atoms with E-state index in [2.05, 4.69) is 10.3 Å². The van der Waals surface area contributed by atoms with Crippen LogP contribution in [0.25, 0.3) is 0 Å². The van der Waals surface area contributed by atoms with E-state index in [4.69, 9.17) is 4.74 Å². The second kappa shape index (κ2) is 9.80. The van der Waals surface area contributed by atoms with Crippen molar-refractivity contribution in [1.29, 1.82) is 0 Å². The molecule has 1 saturated heterocycles. The van der Waals surface area contributed by atoms with Gasteiger partial charge < -0.3 is 15.0 Å². The Hall–Kier alpha value is -2.81. The third-order valence-corrected chi connectivity index (χ3v) is 6.94. The van der Waals surface area contributed by atoms with Gasteiger partial charge in [-0.1, -0.05) is 30.3 Å². The van der Waals surface area contributed by atoms with Crippen LogP contribution in [0.1, 0.15) is 25.3 Å². The van der Waals surface area contributed by atoms with E-state index in [1.165, 1.54) is 17.5 Å². The first kappa shape index (κ1) is 21.9. The highest BCUT2D eigenvalue weighted by atomic mass is 32.2. The number of nitrogens with zero attached hydrogens (tertiary/aromatic N) is 3. The van der Waals surface area contributed by atoms with Gasteiger partial charge in [0.25, 0.3) is 0 Å². The average molecular weight is 433 g/mol. The quantitative estimate of drug-likeness (QED) is 0.726. The van der Waals surface area contributed by atoms with E-state index in [0.717, 1.165) is 5.56 Å². The number of carbonyl (C=O) groups is 1. The van der Waals surface area contributed by atoms with Crippen LogP contribution in [0, 0.1) is 0 Å². The zero-order valence-corrected chi connectivity index (χ0v) is 18.1. The first-order chi connectivity index (χ1) is 14.4. The van der Waals surface area contributed by atoms with Crippen LogP contribution in [0.15, 0.2) is 48.7 Å². The molecule has 2 heterocycles. The lowest BCUT2D eigenvalue weighted by Gasteiger charge is -2.32. The summed E-state index contributed by atoms with van der Waals surface area (Å²) in [6.07, 6.45) is 2.89. The fraction of sp³-hybridized carbons (Fsp3) is 0.429. The predicted molar refractivity (Wildman–Crippen MR) is 116 cm³/mol. The van der Waals surface area contributed by atoms with Crippen molar-refractivity contribution in [3.63, 3.8) is 0 Å². The molecular weight excluding hydrogens is 404 g/mol. The Morgan fingerprint density at radius 1 is 1.20 bits per heavy atom. The summed E-state index contributed by atoms with van der Waals surface area (Å²) in [5, 5.41) is 2.95. The highest BCUT2D eigenvalue weighted by molar-refractivity contribution is 7.92. The van der Waals surface area contributed by atoms with Crippen LogP contribution in [0.3, 0.4) is 0 Å². The SMILES string of the molecule is CCS(=O)(=O)N(C)c1ccc(OC2CCN(C(=O)NCc3ccccc3)CC2)nc1. The van der Waals surface area contributed by atoms with Crippen molar-refractivity contribution in [3.8, 4) is 5.88 Å². The Labute approximate surface area is 177 Å². The Bertz CT molecular complexity index is 927. The first-order valence-electron chi connectivity index (χ1n) is 10.0. The fourth-order valence-electron chi connectivity index (χ4n) is 3.22. The minimum Gasteiger partial charge on any atom is -0.474 e. The number of likely N-dealkylation sites (tertiary alicyclic amines) is 1. The van der Waals surface area contributed by atoms with Gasteiger partial charge >= 0.3 is 6.03 Å². The van der Waals surface area contributed by atoms with E-state index in [1.54, 1.807) is 24.0 Å². The molecule has 162 valence electrons. The van der Waals surface area contributed by atoms with E-state index in [9.17, 15) is 13.2 Å². The maximum atomic E-state index is 12.4. The van der Waals surface area contributed by atoms with Gasteiger partial charge in [0.15, 0.2) is 0 Å². The van der Waals surface area contributed by atoms with E-state index >= 15 is 0 Å². The van der Waals surface area contributed by atoms with E-state index < -0.39 is 10.0 Å². The predicted octanol–water partition coefficient (Wildman–Crippen LogP) is 2.62. The van der Waals surface area contributed by atoms with Crippen molar-refractivity contribution < 1.29 is 17.9 Å². The highest BCUT2D eigenvalue weighted by Crippen LogP contribution is 2.21. The molecule has 1 aliphatic rings. The number of rotatable bonds is 7. The second-order valence-corrected chi connectivity index (χ2v) is 9.46. The highest BCUT2D eigenvalue weighted by Gasteiger charge is 2.24. The van der Waals surface area contributed by atoms with Crippen molar-refractivity contribution in [1.82, 2.24) is 15.2 Å². The molecule has 1 aromatic heterocycles. The van der Waals surface area contributed by atoms with Crippen LogP contribution < -0.4 is 14.4 Å². The maximum absolute atomic E-state index is 12.4. The van der Waals surface area contributed by atoms with Crippen molar-refractivity contribution in [3.05, 3.63) is 54.2 Å². The number of hydrogen-bond donors (Lipinski definition) is 1. The summed E-state index contributed by atoms with van der Waals surface area (Å²) in [5.41, 5.74) is 1.56. The number of benzene rings is 1. The van der Waals surface area contributed by atoms with Gasteiger partial charge in [-0.05, 0) is 18.6 Å². The summed E-state index contributed by atoms with van der Waals surface area (Å²) in [7, 11) is -1.81. The molecule has 0 atom stereocenters. The molecule has 2 amide bonds. The Balaban J connectivity index is 1.46. The summed E-state index contributed by atoms with van der Waals surface area (Å²) in [4.78, 5) is 18.4. The lowest BCUT2D eigenvalue weighted by molar-refractivity contribution is 0.107. The number of piperidine rings is 1. The average Bonchev–Trinajstić information content (AvgIpc) is 2.78. The summed E-state index contributed by atoms with van der Waals surface area (Å²) >= 11 is 0. The molecule has 1 aromatic carbocycles. The molecule has 0 spiro atoms. The zero-order valence-electron chi connectivity index (χ0n) is 17.3. The summed E-state index contributed by atoms with van der Waals surface area (Å²) in [6, 6.07) is 13.1. The van der Waals surface area contributed by atoms with Gasteiger partial charge in [-0.15, -0.1) is 0 Å². The number of ether oxygens (including phenoxy) is 1. The summed E-state index contributed by atoms with van der Waals surface area (Å²) in [6.45, 7) is 3.33. The molecule has 0 aliphatic carbocycles. The number of urea groups is 1. The zero-order chi connectivity index (χ0) is 21.6. The number of pyridine rings is 1. The smallest absolute Gasteiger partial charge is 0.317 e. The topological polar surface area (TPSA) is 91.8 Å². The molecule has 0 radical (unpaired) electrons. The van der Waals surface area contributed by atoms with Crippen molar-refractivity contribution in [2.75, 3.05) is 30.2 Å². The third-order valence-electron chi connectivity index (χ3n) is 5.17. The van der Waals surface area contributed by atoms with Gasteiger partial charge in [-0.3, -0.25) is 4.31 Å². The van der Waals surface area contributed by atoms with E-state index in [-0.39, 0.29) is 17.9 Å².